The van der Waals surface area contributed by atoms with Crippen LogP contribution in [0.5, 0.6) is 0 Å². The summed E-state index contributed by atoms with van der Waals surface area (Å²) in [4.78, 5) is 12.3. The molecule has 1 aromatic heterocycles. The second kappa shape index (κ2) is 6.76. The number of carbonyl (C=O) groups is 1. The Morgan fingerprint density at radius 1 is 1.29 bits per heavy atom. The molecule has 1 aromatic carbocycles. The molecule has 0 aliphatic heterocycles. The van der Waals surface area contributed by atoms with Crippen LogP contribution in [-0.4, -0.2) is 26.5 Å². The number of thioether (sulfide) groups is 1. The molecule has 0 atom stereocenters. The number of rotatable bonds is 5. The predicted molar refractivity (Wildman–Crippen MR) is 85.4 cm³/mol. The zero-order valence-corrected chi connectivity index (χ0v) is 13.6. The Labute approximate surface area is 129 Å². The molecule has 5 nitrogen and oxygen atoms in total. The first-order valence-electron chi connectivity index (χ1n) is 6.99. The number of hydrogen-bond acceptors (Lipinski definition) is 4. The van der Waals surface area contributed by atoms with Crippen molar-refractivity contribution in [2.24, 2.45) is 0 Å². The van der Waals surface area contributed by atoms with E-state index in [1.54, 1.807) is 16.4 Å². The minimum absolute atomic E-state index is 0.161. The van der Waals surface area contributed by atoms with Gasteiger partial charge in [-0.2, -0.15) is 0 Å². The fraction of sp³-hybridized carbons (Fsp3) is 0.400. The highest BCUT2D eigenvalue weighted by molar-refractivity contribution is 7.99. The number of hydrogen-bond donors (Lipinski definition) is 1. The van der Waals surface area contributed by atoms with Crippen molar-refractivity contribution >= 4 is 17.7 Å². The maximum atomic E-state index is 12.3. The normalized spacial score (nSPS) is 10.9. The van der Waals surface area contributed by atoms with E-state index in [0.717, 1.165) is 5.75 Å². The number of aromatic nitrogens is 3. The topological polar surface area (TPSA) is 59.8 Å². The highest BCUT2D eigenvalue weighted by Crippen LogP contribution is 2.17. The molecule has 0 fully saturated rings. The Kier molecular flexibility index (Phi) is 5.01. The first kappa shape index (κ1) is 15.6. The lowest BCUT2D eigenvalue weighted by molar-refractivity contribution is 0.100. The van der Waals surface area contributed by atoms with Crippen LogP contribution in [-0.2, 0) is 0 Å². The van der Waals surface area contributed by atoms with Crippen LogP contribution in [0.25, 0.3) is 0 Å². The minimum atomic E-state index is -0.161. The lowest BCUT2D eigenvalue weighted by Crippen LogP contribution is -2.24. The average molecular weight is 304 g/mol. The molecular formula is C15H20N4OS. The summed E-state index contributed by atoms with van der Waals surface area (Å²) < 4.78 is 1.63. The Morgan fingerprint density at radius 3 is 2.52 bits per heavy atom. The number of nitrogens with zero attached hydrogens (tertiary/aromatic N) is 3. The maximum absolute atomic E-state index is 12.3. The van der Waals surface area contributed by atoms with Crippen molar-refractivity contribution in [1.29, 1.82) is 0 Å². The number of benzene rings is 1. The van der Waals surface area contributed by atoms with Crippen molar-refractivity contribution in [2.45, 2.75) is 38.8 Å². The second-order valence-corrected chi connectivity index (χ2v) is 6.25. The quantitative estimate of drug-likeness (QED) is 0.862. The van der Waals surface area contributed by atoms with E-state index in [4.69, 9.17) is 0 Å². The lowest BCUT2D eigenvalue weighted by Gasteiger charge is -2.10. The molecule has 0 aliphatic carbocycles. The van der Waals surface area contributed by atoms with E-state index in [1.165, 1.54) is 5.56 Å². The molecule has 0 spiro atoms. The van der Waals surface area contributed by atoms with Crippen LogP contribution in [0.4, 0.5) is 0 Å². The van der Waals surface area contributed by atoms with Crippen LogP contribution in [0.1, 0.15) is 48.4 Å². The third-order valence-electron chi connectivity index (χ3n) is 3.12. The molecule has 1 heterocycles. The van der Waals surface area contributed by atoms with E-state index in [9.17, 15) is 4.79 Å². The Morgan fingerprint density at radius 2 is 1.95 bits per heavy atom. The number of aryl methyl sites for hydroxylation is 1. The van der Waals surface area contributed by atoms with Crippen molar-refractivity contribution in [2.75, 3.05) is 11.2 Å². The maximum Gasteiger partial charge on any atom is 0.270 e. The van der Waals surface area contributed by atoms with Gasteiger partial charge >= 0.3 is 0 Å². The molecule has 2 aromatic rings. The summed E-state index contributed by atoms with van der Waals surface area (Å²) >= 11 is 1.54. The van der Waals surface area contributed by atoms with Gasteiger partial charge in [0.25, 0.3) is 5.91 Å². The fourth-order valence-corrected chi connectivity index (χ4v) is 2.54. The SMILES string of the molecule is CCSc1nnc(C)n1NC(=O)c1ccc(C(C)C)cc1. The smallest absolute Gasteiger partial charge is 0.267 e. The van der Waals surface area contributed by atoms with Crippen molar-refractivity contribution in [3.8, 4) is 0 Å². The summed E-state index contributed by atoms with van der Waals surface area (Å²) in [6.07, 6.45) is 0. The van der Waals surface area contributed by atoms with Crippen LogP contribution in [0.3, 0.4) is 0 Å². The molecule has 0 saturated heterocycles. The molecule has 0 aliphatic rings. The van der Waals surface area contributed by atoms with Gasteiger partial charge in [-0.05, 0) is 36.3 Å². The van der Waals surface area contributed by atoms with Gasteiger partial charge in [0.1, 0.15) is 5.82 Å². The monoisotopic (exact) mass is 304 g/mol. The number of amides is 1. The molecular weight excluding hydrogens is 284 g/mol. The van der Waals surface area contributed by atoms with Crippen molar-refractivity contribution in [3.63, 3.8) is 0 Å². The van der Waals surface area contributed by atoms with Crippen LogP contribution >= 0.6 is 11.8 Å². The summed E-state index contributed by atoms with van der Waals surface area (Å²) in [5.41, 5.74) is 4.68. The van der Waals surface area contributed by atoms with Gasteiger partial charge in [-0.1, -0.05) is 44.7 Å². The van der Waals surface area contributed by atoms with Gasteiger partial charge in [0, 0.05) is 5.56 Å². The molecule has 112 valence electrons. The molecule has 2 rings (SSSR count). The molecule has 6 heteroatoms. The Bertz CT molecular complexity index is 619. The summed E-state index contributed by atoms with van der Waals surface area (Å²) in [6.45, 7) is 8.11. The molecule has 1 amide bonds. The van der Waals surface area contributed by atoms with Crippen LogP contribution in [0.15, 0.2) is 29.4 Å². The van der Waals surface area contributed by atoms with Gasteiger partial charge in [-0.3, -0.25) is 10.2 Å². The van der Waals surface area contributed by atoms with E-state index in [2.05, 4.69) is 29.5 Å². The van der Waals surface area contributed by atoms with Gasteiger partial charge in [-0.25, -0.2) is 4.68 Å². The third-order valence-corrected chi connectivity index (χ3v) is 3.93. The molecule has 0 unspecified atom stereocenters. The van der Waals surface area contributed by atoms with Crippen molar-refractivity contribution in [1.82, 2.24) is 14.9 Å². The standard InChI is InChI=1S/C15H20N4OS/c1-5-21-15-17-16-11(4)19(15)18-14(20)13-8-6-12(7-9-13)10(2)3/h6-10H,5H2,1-4H3,(H,18,20). The molecule has 21 heavy (non-hydrogen) atoms. The highest BCUT2D eigenvalue weighted by Gasteiger charge is 2.13. The predicted octanol–water partition coefficient (Wildman–Crippen LogP) is 3.21. The first-order valence-corrected chi connectivity index (χ1v) is 7.97. The number of carbonyl (C=O) groups excluding carboxylic acids is 1. The summed E-state index contributed by atoms with van der Waals surface area (Å²) in [7, 11) is 0. The van der Waals surface area contributed by atoms with Gasteiger partial charge in [0.05, 0.1) is 0 Å². The van der Waals surface area contributed by atoms with Crippen molar-refractivity contribution in [3.05, 3.63) is 41.2 Å². The molecule has 0 saturated carbocycles. The molecule has 0 bridgehead atoms. The largest absolute Gasteiger partial charge is 0.270 e. The van der Waals surface area contributed by atoms with Crippen LogP contribution in [0.2, 0.25) is 0 Å². The number of nitrogens with one attached hydrogen (secondary N) is 1. The van der Waals surface area contributed by atoms with Gasteiger partial charge in [0.15, 0.2) is 0 Å². The van der Waals surface area contributed by atoms with Gasteiger partial charge in [0.2, 0.25) is 5.16 Å². The van der Waals surface area contributed by atoms with E-state index >= 15 is 0 Å². The third kappa shape index (κ3) is 3.64. The zero-order valence-electron chi connectivity index (χ0n) is 12.8. The Balaban J connectivity index is 2.16. The zero-order chi connectivity index (χ0) is 15.4. The van der Waals surface area contributed by atoms with Crippen LogP contribution < -0.4 is 5.43 Å². The van der Waals surface area contributed by atoms with Crippen molar-refractivity contribution < 1.29 is 4.79 Å². The Hall–Kier alpha value is -1.82. The average Bonchev–Trinajstić information content (AvgIpc) is 2.81. The van der Waals surface area contributed by atoms with Crippen LogP contribution in [0, 0.1) is 6.92 Å². The second-order valence-electron chi connectivity index (χ2n) is 5.02. The van der Waals surface area contributed by atoms with E-state index in [-0.39, 0.29) is 5.91 Å². The van der Waals surface area contributed by atoms with Gasteiger partial charge in [-0.15, -0.1) is 10.2 Å². The van der Waals surface area contributed by atoms with Gasteiger partial charge < -0.3 is 0 Å². The lowest BCUT2D eigenvalue weighted by atomic mass is 10.0. The minimum Gasteiger partial charge on any atom is -0.267 e. The molecule has 0 radical (unpaired) electrons. The highest BCUT2D eigenvalue weighted by atomic mass is 32.2. The summed E-state index contributed by atoms with van der Waals surface area (Å²) in [5.74, 6) is 1.83. The van der Waals surface area contributed by atoms with E-state index < -0.39 is 0 Å². The summed E-state index contributed by atoms with van der Waals surface area (Å²) in [6, 6.07) is 7.66. The first-order chi connectivity index (χ1) is 10.0. The van der Waals surface area contributed by atoms with E-state index in [0.29, 0.717) is 22.5 Å². The summed E-state index contributed by atoms with van der Waals surface area (Å²) in [5, 5.41) is 8.74. The van der Waals surface area contributed by atoms with E-state index in [1.807, 2.05) is 38.1 Å². The molecule has 1 N–H and O–H groups in total. The fourth-order valence-electron chi connectivity index (χ4n) is 1.88.